The molecular weight excluding hydrogens is 266 g/mol. The zero-order valence-electron chi connectivity index (χ0n) is 11.1. The highest BCUT2D eigenvalue weighted by molar-refractivity contribution is 7.89. The molecule has 19 heavy (non-hydrogen) atoms. The summed E-state index contributed by atoms with van der Waals surface area (Å²) in [6, 6.07) is 1.63. The summed E-state index contributed by atoms with van der Waals surface area (Å²) in [5, 5.41) is 12.7. The van der Waals surface area contributed by atoms with Crippen LogP contribution in [0.25, 0.3) is 0 Å². The fraction of sp³-hybridized carbons (Fsp3) is 0.583. The molecule has 2 heterocycles. The van der Waals surface area contributed by atoms with Gasteiger partial charge >= 0.3 is 0 Å². The van der Waals surface area contributed by atoms with Crippen molar-refractivity contribution < 1.29 is 13.5 Å². The van der Waals surface area contributed by atoms with E-state index in [0.717, 1.165) is 0 Å². The van der Waals surface area contributed by atoms with Crippen molar-refractivity contribution in [1.82, 2.24) is 9.29 Å². The van der Waals surface area contributed by atoms with Crippen molar-refractivity contribution in [1.29, 1.82) is 0 Å². The zero-order chi connectivity index (χ0) is 14.1. The molecule has 1 saturated heterocycles. The topological polar surface area (TPSA) is 82.5 Å². The maximum atomic E-state index is 12.5. The molecule has 1 aliphatic heterocycles. The van der Waals surface area contributed by atoms with Gasteiger partial charge in [-0.25, -0.2) is 8.42 Å². The van der Waals surface area contributed by atoms with Gasteiger partial charge in [0.2, 0.25) is 10.0 Å². The lowest BCUT2D eigenvalue weighted by Gasteiger charge is -2.35. The third kappa shape index (κ3) is 2.88. The number of rotatable bonds is 3. The molecule has 0 bridgehead atoms. The van der Waals surface area contributed by atoms with Crippen LogP contribution in [0.4, 0.5) is 5.69 Å². The number of hydrogen-bond acceptors (Lipinski definition) is 5. The van der Waals surface area contributed by atoms with Crippen LogP contribution in [0.3, 0.4) is 0 Å². The van der Waals surface area contributed by atoms with E-state index in [2.05, 4.69) is 10.3 Å². The summed E-state index contributed by atoms with van der Waals surface area (Å²) in [6.07, 6.45) is 3.79. The summed E-state index contributed by atoms with van der Waals surface area (Å²) >= 11 is 0. The van der Waals surface area contributed by atoms with Gasteiger partial charge in [0.25, 0.3) is 0 Å². The minimum atomic E-state index is -3.56. The Bertz CT molecular complexity index is 547. The predicted molar refractivity (Wildman–Crippen MR) is 72.4 cm³/mol. The van der Waals surface area contributed by atoms with E-state index in [0.29, 0.717) is 31.6 Å². The van der Waals surface area contributed by atoms with E-state index in [1.54, 1.807) is 26.2 Å². The predicted octanol–water partition coefficient (Wildman–Crippen LogP) is 0.659. The Balaban J connectivity index is 2.28. The average molecular weight is 285 g/mol. The van der Waals surface area contributed by atoms with Gasteiger partial charge in [0, 0.05) is 32.5 Å². The molecule has 6 nitrogen and oxygen atoms in total. The molecule has 0 radical (unpaired) electrons. The third-order valence-electron chi connectivity index (χ3n) is 3.47. The summed E-state index contributed by atoms with van der Waals surface area (Å²) in [5.74, 6) is 0. The molecule has 7 heteroatoms. The molecule has 1 aromatic rings. The van der Waals surface area contributed by atoms with Crippen molar-refractivity contribution in [2.24, 2.45) is 0 Å². The first-order valence-electron chi connectivity index (χ1n) is 6.21. The van der Waals surface area contributed by atoms with Crippen molar-refractivity contribution >= 4 is 15.7 Å². The van der Waals surface area contributed by atoms with Crippen LogP contribution in [-0.2, 0) is 10.0 Å². The van der Waals surface area contributed by atoms with Crippen LogP contribution >= 0.6 is 0 Å². The monoisotopic (exact) mass is 285 g/mol. The molecule has 1 aromatic heterocycles. The van der Waals surface area contributed by atoms with Gasteiger partial charge in [-0.1, -0.05) is 0 Å². The second kappa shape index (κ2) is 5.07. The maximum Gasteiger partial charge on any atom is 0.246 e. The van der Waals surface area contributed by atoms with Crippen molar-refractivity contribution in [3.8, 4) is 0 Å². The fourth-order valence-corrected chi connectivity index (χ4v) is 3.72. The van der Waals surface area contributed by atoms with Gasteiger partial charge in [0.1, 0.15) is 4.90 Å². The largest absolute Gasteiger partial charge is 0.390 e. The first kappa shape index (κ1) is 14.2. The van der Waals surface area contributed by atoms with Gasteiger partial charge in [-0.15, -0.1) is 0 Å². The van der Waals surface area contributed by atoms with E-state index < -0.39 is 15.6 Å². The van der Waals surface area contributed by atoms with Crippen molar-refractivity contribution in [3.05, 3.63) is 18.5 Å². The van der Waals surface area contributed by atoms with E-state index >= 15 is 0 Å². The summed E-state index contributed by atoms with van der Waals surface area (Å²) in [4.78, 5) is 4.07. The first-order valence-corrected chi connectivity index (χ1v) is 7.65. The number of hydrogen-bond donors (Lipinski definition) is 2. The Morgan fingerprint density at radius 1 is 1.42 bits per heavy atom. The van der Waals surface area contributed by atoms with E-state index in [4.69, 9.17) is 0 Å². The van der Waals surface area contributed by atoms with Crippen LogP contribution in [0.1, 0.15) is 19.8 Å². The van der Waals surface area contributed by atoms with Crippen LogP contribution < -0.4 is 5.32 Å². The van der Waals surface area contributed by atoms with Gasteiger partial charge in [-0.05, 0) is 25.8 Å². The number of piperidine rings is 1. The second-order valence-electron chi connectivity index (χ2n) is 5.02. The standard InChI is InChI=1S/C12H19N3O3S/c1-12(16)4-7-15(8-5-12)19(17,18)11-9-14-6-3-10(11)13-2/h3,6,9,16H,4-5,7-8H2,1-2H3,(H,13,14). The molecule has 1 fully saturated rings. The zero-order valence-corrected chi connectivity index (χ0v) is 11.9. The molecule has 0 aromatic carbocycles. The highest BCUT2D eigenvalue weighted by Gasteiger charge is 2.35. The molecule has 2 rings (SSSR count). The molecule has 0 aliphatic carbocycles. The molecule has 1 aliphatic rings. The quantitative estimate of drug-likeness (QED) is 0.852. The third-order valence-corrected chi connectivity index (χ3v) is 5.40. The normalized spacial score (nSPS) is 20.2. The number of nitrogens with one attached hydrogen (secondary N) is 1. The summed E-state index contributed by atoms with van der Waals surface area (Å²) in [7, 11) is -1.88. The van der Waals surface area contributed by atoms with Gasteiger partial charge in [-0.2, -0.15) is 4.31 Å². The Morgan fingerprint density at radius 2 is 2.05 bits per heavy atom. The molecule has 0 atom stereocenters. The average Bonchev–Trinajstić information content (AvgIpc) is 2.38. The fourth-order valence-electron chi connectivity index (χ4n) is 2.14. The van der Waals surface area contributed by atoms with Gasteiger partial charge in [0.15, 0.2) is 0 Å². The Kier molecular flexibility index (Phi) is 3.80. The van der Waals surface area contributed by atoms with E-state index in [-0.39, 0.29) is 4.90 Å². The molecule has 0 saturated carbocycles. The Morgan fingerprint density at radius 3 is 2.63 bits per heavy atom. The lowest BCUT2D eigenvalue weighted by atomic mass is 9.95. The van der Waals surface area contributed by atoms with Gasteiger partial charge in [-0.3, -0.25) is 4.98 Å². The van der Waals surface area contributed by atoms with Crippen LogP contribution in [0.15, 0.2) is 23.4 Å². The summed E-state index contributed by atoms with van der Waals surface area (Å²) in [5.41, 5.74) is -0.236. The van der Waals surface area contributed by atoms with E-state index in [9.17, 15) is 13.5 Å². The molecule has 2 N–H and O–H groups in total. The number of nitrogens with zero attached hydrogens (tertiary/aromatic N) is 2. The van der Waals surface area contributed by atoms with Crippen LogP contribution in [0.5, 0.6) is 0 Å². The second-order valence-corrected chi connectivity index (χ2v) is 6.93. The van der Waals surface area contributed by atoms with Crippen molar-refractivity contribution in [2.45, 2.75) is 30.3 Å². The molecule has 106 valence electrons. The van der Waals surface area contributed by atoms with Crippen LogP contribution in [-0.4, -0.2) is 48.6 Å². The Hall–Kier alpha value is -1.18. The lowest BCUT2D eigenvalue weighted by Crippen LogP contribution is -2.45. The van der Waals surface area contributed by atoms with E-state index in [1.165, 1.54) is 10.5 Å². The minimum absolute atomic E-state index is 0.180. The first-order chi connectivity index (χ1) is 8.87. The molecule has 0 spiro atoms. The number of pyridine rings is 1. The highest BCUT2D eigenvalue weighted by atomic mass is 32.2. The highest BCUT2D eigenvalue weighted by Crippen LogP contribution is 2.28. The van der Waals surface area contributed by atoms with Crippen LogP contribution in [0, 0.1) is 0 Å². The maximum absolute atomic E-state index is 12.5. The molecular formula is C12H19N3O3S. The van der Waals surface area contributed by atoms with Crippen LogP contribution in [0.2, 0.25) is 0 Å². The van der Waals surface area contributed by atoms with Crippen molar-refractivity contribution in [2.75, 3.05) is 25.5 Å². The smallest absolute Gasteiger partial charge is 0.246 e. The number of anilines is 1. The number of sulfonamides is 1. The number of aliphatic hydroxyl groups is 1. The van der Waals surface area contributed by atoms with Crippen molar-refractivity contribution in [3.63, 3.8) is 0 Å². The molecule has 0 unspecified atom stereocenters. The SMILES string of the molecule is CNc1ccncc1S(=O)(=O)N1CCC(C)(O)CC1. The van der Waals surface area contributed by atoms with Gasteiger partial charge in [0.05, 0.1) is 11.3 Å². The Labute approximate surface area is 113 Å². The lowest BCUT2D eigenvalue weighted by molar-refractivity contribution is 0.0126. The van der Waals surface area contributed by atoms with E-state index in [1.807, 2.05) is 0 Å². The summed E-state index contributed by atoms with van der Waals surface area (Å²) < 4.78 is 26.5. The minimum Gasteiger partial charge on any atom is -0.390 e. The number of aromatic nitrogens is 1. The van der Waals surface area contributed by atoms with Gasteiger partial charge < -0.3 is 10.4 Å². The molecule has 0 amide bonds. The summed E-state index contributed by atoms with van der Waals surface area (Å²) in [6.45, 7) is 2.39.